The lowest BCUT2D eigenvalue weighted by atomic mass is 10.00. The lowest BCUT2D eigenvalue weighted by Gasteiger charge is -2.31. The Kier molecular flexibility index (Phi) is 6.04. The maximum atomic E-state index is 5.84. The molecule has 0 saturated carbocycles. The summed E-state index contributed by atoms with van der Waals surface area (Å²) in [6.45, 7) is 10.1. The van der Waals surface area contributed by atoms with Gasteiger partial charge in [-0.05, 0) is 36.1 Å². The first kappa shape index (κ1) is 17.3. The van der Waals surface area contributed by atoms with E-state index in [9.17, 15) is 0 Å². The van der Waals surface area contributed by atoms with Crippen molar-refractivity contribution in [1.29, 1.82) is 0 Å². The van der Waals surface area contributed by atoms with Gasteiger partial charge in [0.15, 0.2) is 5.16 Å². The summed E-state index contributed by atoms with van der Waals surface area (Å²) in [6, 6.07) is 0. The van der Waals surface area contributed by atoms with E-state index in [0.717, 1.165) is 66.3 Å². The minimum atomic E-state index is 0.292. The van der Waals surface area contributed by atoms with Gasteiger partial charge in [-0.15, -0.1) is 10.2 Å². The van der Waals surface area contributed by atoms with Crippen LogP contribution in [0.15, 0.2) is 16.2 Å². The van der Waals surface area contributed by atoms with E-state index >= 15 is 0 Å². The average molecular weight is 401 g/mol. The van der Waals surface area contributed by atoms with E-state index in [1.54, 1.807) is 11.8 Å². The van der Waals surface area contributed by atoms with Gasteiger partial charge in [0.05, 0.1) is 12.6 Å². The highest BCUT2D eigenvalue weighted by atomic mass is 79.9. The van der Waals surface area contributed by atoms with Gasteiger partial charge in [-0.2, -0.15) is 0 Å². The van der Waals surface area contributed by atoms with Crippen LogP contribution >= 0.6 is 27.7 Å². The third-order valence-corrected chi connectivity index (χ3v) is 6.24. The zero-order valence-electron chi connectivity index (χ0n) is 13.7. The average Bonchev–Trinajstić information content (AvgIpc) is 3.17. The lowest BCUT2D eigenvalue weighted by Crippen LogP contribution is -2.35. The molecule has 0 aliphatic carbocycles. The van der Waals surface area contributed by atoms with Gasteiger partial charge in [-0.3, -0.25) is 4.57 Å². The largest absolute Gasteiger partial charge is 0.376 e. The Bertz CT molecular complexity index is 536. The molecule has 0 amide bonds. The number of hydrogen-bond donors (Lipinski definition) is 0. The Morgan fingerprint density at radius 3 is 2.78 bits per heavy atom. The zero-order chi connectivity index (χ0) is 16.2. The van der Waals surface area contributed by atoms with E-state index < -0.39 is 0 Å². The molecule has 7 heteroatoms. The van der Waals surface area contributed by atoms with Crippen LogP contribution in [-0.2, 0) is 11.3 Å². The van der Waals surface area contributed by atoms with Crippen LogP contribution < -0.4 is 4.90 Å². The molecule has 5 nitrogen and oxygen atoms in total. The van der Waals surface area contributed by atoms with E-state index in [0.29, 0.717) is 6.10 Å². The number of halogens is 1. The minimum absolute atomic E-state index is 0.292. The third-order valence-electron chi connectivity index (χ3n) is 4.53. The van der Waals surface area contributed by atoms with Gasteiger partial charge in [-0.25, -0.2) is 0 Å². The van der Waals surface area contributed by atoms with Gasteiger partial charge in [0.25, 0.3) is 0 Å². The molecule has 3 heterocycles. The van der Waals surface area contributed by atoms with Crippen LogP contribution in [0, 0.1) is 5.92 Å². The molecule has 3 rings (SSSR count). The van der Waals surface area contributed by atoms with Crippen LogP contribution in [0.5, 0.6) is 0 Å². The number of hydrogen-bond acceptors (Lipinski definition) is 5. The van der Waals surface area contributed by atoms with Crippen molar-refractivity contribution in [2.24, 2.45) is 5.92 Å². The van der Waals surface area contributed by atoms with E-state index in [-0.39, 0.29) is 0 Å². The molecule has 23 heavy (non-hydrogen) atoms. The van der Waals surface area contributed by atoms with Crippen LogP contribution in [0.4, 0.5) is 5.95 Å². The molecule has 0 bridgehead atoms. The van der Waals surface area contributed by atoms with E-state index in [1.807, 2.05) is 0 Å². The fraction of sp³-hybridized carbons (Fsp3) is 0.750. The standard InChI is InChI=1S/C16H25BrN4OS/c1-12-5-7-20(8-6-12)15-18-19-16(23-11-13(2)17)21(15)10-14-4-3-9-22-14/h12,14H,2-11H2,1H3. The van der Waals surface area contributed by atoms with Gasteiger partial charge in [-0.1, -0.05) is 41.2 Å². The number of ether oxygens (including phenoxy) is 1. The number of thioether (sulfide) groups is 1. The third kappa shape index (κ3) is 4.51. The fourth-order valence-electron chi connectivity index (χ4n) is 3.12. The first-order valence-electron chi connectivity index (χ1n) is 8.39. The molecular formula is C16H25BrN4OS. The van der Waals surface area contributed by atoms with Crippen molar-refractivity contribution in [3.63, 3.8) is 0 Å². The topological polar surface area (TPSA) is 43.2 Å². The number of rotatable bonds is 6. The fourth-order valence-corrected chi connectivity index (χ4v) is 4.16. The maximum absolute atomic E-state index is 5.84. The Balaban J connectivity index is 1.77. The van der Waals surface area contributed by atoms with Crippen LogP contribution in [-0.4, -0.2) is 46.3 Å². The van der Waals surface area contributed by atoms with Gasteiger partial charge in [0, 0.05) is 25.4 Å². The predicted molar refractivity (Wildman–Crippen MR) is 98.4 cm³/mol. The summed E-state index contributed by atoms with van der Waals surface area (Å²) in [6.07, 6.45) is 5.04. The lowest BCUT2D eigenvalue weighted by molar-refractivity contribution is 0.0951. The summed E-state index contributed by atoms with van der Waals surface area (Å²) in [5, 5.41) is 9.91. The van der Waals surface area contributed by atoms with Crippen molar-refractivity contribution in [1.82, 2.24) is 14.8 Å². The van der Waals surface area contributed by atoms with E-state index in [1.165, 1.54) is 12.8 Å². The molecule has 1 aromatic rings. The van der Waals surface area contributed by atoms with Crippen molar-refractivity contribution in [3.8, 4) is 0 Å². The number of aromatic nitrogens is 3. The van der Waals surface area contributed by atoms with Crippen LogP contribution in [0.3, 0.4) is 0 Å². The first-order valence-corrected chi connectivity index (χ1v) is 10.2. The zero-order valence-corrected chi connectivity index (χ0v) is 16.1. The summed E-state index contributed by atoms with van der Waals surface area (Å²) in [4.78, 5) is 2.38. The molecule has 1 unspecified atom stereocenters. The number of piperidine rings is 1. The molecule has 2 aliphatic rings. The molecule has 0 N–H and O–H groups in total. The summed E-state index contributed by atoms with van der Waals surface area (Å²) in [5.41, 5.74) is 0. The molecule has 0 radical (unpaired) electrons. The summed E-state index contributed by atoms with van der Waals surface area (Å²) in [5.74, 6) is 2.63. The molecule has 1 aromatic heterocycles. The van der Waals surface area contributed by atoms with Crippen LogP contribution in [0.1, 0.15) is 32.6 Å². The highest BCUT2D eigenvalue weighted by Crippen LogP contribution is 2.29. The normalized spacial score (nSPS) is 22.7. The van der Waals surface area contributed by atoms with Crippen molar-refractivity contribution < 1.29 is 4.74 Å². The monoisotopic (exact) mass is 400 g/mol. The maximum Gasteiger partial charge on any atom is 0.228 e. The second-order valence-corrected chi connectivity index (χ2v) is 8.57. The second kappa shape index (κ2) is 8.03. The smallest absolute Gasteiger partial charge is 0.228 e. The molecule has 2 aliphatic heterocycles. The Hall–Kier alpha value is -0.530. The molecule has 0 spiro atoms. The van der Waals surface area contributed by atoms with Gasteiger partial charge >= 0.3 is 0 Å². The van der Waals surface area contributed by atoms with Gasteiger partial charge in [0.1, 0.15) is 0 Å². The quantitative estimate of drug-likeness (QED) is 0.681. The number of nitrogens with zero attached hydrogens (tertiary/aromatic N) is 4. The molecule has 0 aromatic carbocycles. The predicted octanol–water partition coefficient (Wildman–Crippen LogP) is 3.69. The van der Waals surface area contributed by atoms with Gasteiger partial charge < -0.3 is 9.64 Å². The highest BCUT2D eigenvalue weighted by Gasteiger charge is 2.25. The first-order chi connectivity index (χ1) is 11.1. The SMILES string of the molecule is C=C(Br)CSc1nnc(N2CCC(C)CC2)n1CC1CCCO1. The summed E-state index contributed by atoms with van der Waals surface area (Å²) < 4.78 is 9.07. The molecule has 128 valence electrons. The summed E-state index contributed by atoms with van der Waals surface area (Å²) >= 11 is 5.11. The summed E-state index contributed by atoms with van der Waals surface area (Å²) in [7, 11) is 0. The minimum Gasteiger partial charge on any atom is -0.376 e. The molecule has 1 atom stereocenters. The van der Waals surface area contributed by atoms with Crippen molar-refractivity contribution >= 4 is 33.6 Å². The Labute approximate surface area is 151 Å². The van der Waals surface area contributed by atoms with Crippen molar-refractivity contribution in [2.75, 3.05) is 30.3 Å². The van der Waals surface area contributed by atoms with Crippen molar-refractivity contribution in [2.45, 2.75) is 50.4 Å². The second-order valence-electron chi connectivity index (χ2n) is 6.50. The molecule has 2 saturated heterocycles. The Morgan fingerprint density at radius 2 is 2.13 bits per heavy atom. The Morgan fingerprint density at radius 1 is 1.35 bits per heavy atom. The van der Waals surface area contributed by atoms with E-state index in [2.05, 4.69) is 49.1 Å². The highest BCUT2D eigenvalue weighted by molar-refractivity contribution is 9.11. The molecule has 2 fully saturated rings. The van der Waals surface area contributed by atoms with E-state index in [4.69, 9.17) is 4.74 Å². The van der Waals surface area contributed by atoms with Crippen LogP contribution in [0.25, 0.3) is 0 Å². The number of anilines is 1. The van der Waals surface area contributed by atoms with Crippen LogP contribution in [0.2, 0.25) is 0 Å². The molecular weight excluding hydrogens is 376 g/mol. The van der Waals surface area contributed by atoms with Gasteiger partial charge in [0.2, 0.25) is 5.95 Å². The van der Waals surface area contributed by atoms with Crippen molar-refractivity contribution in [3.05, 3.63) is 11.1 Å².